The molecule has 3 nitrogen and oxygen atoms in total. The fourth-order valence-corrected chi connectivity index (χ4v) is 2.36. The lowest BCUT2D eigenvalue weighted by atomic mass is 10.0. The minimum Gasteiger partial charge on any atom is -0.371 e. The fraction of sp³-hybridized carbons (Fsp3) is 1.00. The van der Waals surface area contributed by atoms with Crippen LogP contribution >= 0.6 is 0 Å². The number of likely N-dealkylation sites (tertiary alicyclic amines) is 1. The Morgan fingerprint density at radius 2 is 1.89 bits per heavy atom. The van der Waals surface area contributed by atoms with Crippen LogP contribution in [0.3, 0.4) is 0 Å². The first-order valence-corrected chi connectivity index (χ1v) is 6.97. The molecule has 1 N–H and O–H groups in total. The van der Waals surface area contributed by atoms with Crippen molar-refractivity contribution < 1.29 is 17.9 Å². The summed E-state index contributed by atoms with van der Waals surface area (Å²) in [5.74, 6) is 0.681. The Kier molecular flexibility index (Phi) is 7.10. The number of nitrogens with zero attached hydrogens (tertiary/aromatic N) is 1. The van der Waals surface area contributed by atoms with Crippen LogP contribution in [0.25, 0.3) is 0 Å². The molecule has 1 saturated heterocycles. The molecule has 0 radical (unpaired) electrons. The molecule has 6 heteroatoms. The number of alkyl halides is 3. The van der Waals surface area contributed by atoms with Crippen LogP contribution in [0, 0.1) is 5.92 Å². The van der Waals surface area contributed by atoms with Gasteiger partial charge in [0.15, 0.2) is 0 Å². The van der Waals surface area contributed by atoms with Crippen molar-refractivity contribution in [1.82, 2.24) is 10.2 Å². The van der Waals surface area contributed by atoms with Gasteiger partial charge in [0.25, 0.3) is 0 Å². The molecule has 19 heavy (non-hydrogen) atoms. The second-order valence-corrected chi connectivity index (χ2v) is 5.59. The fourth-order valence-electron chi connectivity index (χ4n) is 2.36. The first-order valence-electron chi connectivity index (χ1n) is 6.97. The molecule has 0 aliphatic carbocycles. The van der Waals surface area contributed by atoms with E-state index in [0.717, 1.165) is 32.5 Å². The van der Waals surface area contributed by atoms with E-state index in [1.165, 1.54) is 0 Å². The maximum Gasteiger partial charge on any atom is 0.411 e. The molecule has 0 saturated carbocycles. The predicted octanol–water partition coefficient (Wildman–Crippen LogP) is 2.28. The number of ether oxygens (including phenoxy) is 1. The van der Waals surface area contributed by atoms with Gasteiger partial charge in [0.05, 0.1) is 6.61 Å². The maximum atomic E-state index is 11.8. The molecule has 0 aromatic rings. The molecule has 1 rings (SSSR count). The van der Waals surface area contributed by atoms with Gasteiger partial charge in [-0.15, -0.1) is 0 Å². The van der Waals surface area contributed by atoms with E-state index in [-0.39, 0.29) is 6.61 Å². The summed E-state index contributed by atoms with van der Waals surface area (Å²) >= 11 is 0. The van der Waals surface area contributed by atoms with Gasteiger partial charge in [0.1, 0.15) is 6.61 Å². The summed E-state index contributed by atoms with van der Waals surface area (Å²) in [6, 6.07) is 0.415. The summed E-state index contributed by atoms with van der Waals surface area (Å²) < 4.78 is 40.1. The van der Waals surface area contributed by atoms with E-state index in [1.54, 1.807) is 0 Å². The Labute approximate surface area is 113 Å². The lowest BCUT2D eigenvalue weighted by Gasteiger charge is -2.33. The van der Waals surface area contributed by atoms with Crippen LogP contribution in [0.4, 0.5) is 13.2 Å². The number of hydrogen-bond acceptors (Lipinski definition) is 3. The number of rotatable bonds is 7. The van der Waals surface area contributed by atoms with Gasteiger partial charge in [-0.25, -0.2) is 0 Å². The summed E-state index contributed by atoms with van der Waals surface area (Å²) in [6.45, 7) is 7.14. The van der Waals surface area contributed by atoms with Crippen LogP contribution in [0.5, 0.6) is 0 Å². The molecule has 0 aromatic heterocycles. The number of halogens is 3. The lowest BCUT2D eigenvalue weighted by Crippen LogP contribution is -2.44. The highest BCUT2D eigenvalue weighted by Crippen LogP contribution is 2.14. The van der Waals surface area contributed by atoms with Crippen molar-refractivity contribution in [3.8, 4) is 0 Å². The molecule has 1 aliphatic heterocycles. The topological polar surface area (TPSA) is 24.5 Å². The third-order valence-corrected chi connectivity index (χ3v) is 3.16. The Balaban J connectivity index is 2.01. The molecular formula is C13H25F3N2O. The first kappa shape index (κ1) is 16.7. The van der Waals surface area contributed by atoms with Crippen LogP contribution in [0.1, 0.15) is 26.7 Å². The highest BCUT2D eigenvalue weighted by atomic mass is 19.4. The standard InChI is InChI=1S/C13H25F3N2O/c1-11(2)9-18-6-3-12(4-7-18)17-5-8-19-10-13(14,15)16/h11-12,17H,3-10H2,1-2H3. The van der Waals surface area contributed by atoms with Crippen molar-refractivity contribution in [2.24, 2.45) is 5.92 Å². The molecule has 0 aromatic carbocycles. The zero-order valence-corrected chi connectivity index (χ0v) is 11.8. The number of piperidine rings is 1. The SMILES string of the molecule is CC(C)CN1CCC(NCCOCC(F)(F)F)CC1. The smallest absolute Gasteiger partial charge is 0.371 e. The van der Waals surface area contributed by atoms with Gasteiger partial charge >= 0.3 is 6.18 Å². The van der Waals surface area contributed by atoms with Gasteiger partial charge in [0, 0.05) is 19.1 Å². The average Bonchev–Trinajstić information content (AvgIpc) is 2.28. The van der Waals surface area contributed by atoms with Gasteiger partial charge in [-0.2, -0.15) is 13.2 Å². The summed E-state index contributed by atoms with van der Waals surface area (Å²) in [5, 5.41) is 3.26. The van der Waals surface area contributed by atoms with Gasteiger partial charge in [0.2, 0.25) is 0 Å². The Hall–Kier alpha value is -0.330. The molecule has 1 fully saturated rings. The van der Waals surface area contributed by atoms with E-state index < -0.39 is 12.8 Å². The van der Waals surface area contributed by atoms with Crippen LogP contribution in [0.15, 0.2) is 0 Å². The third kappa shape index (κ3) is 8.44. The van der Waals surface area contributed by atoms with Gasteiger partial charge in [-0.3, -0.25) is 0 Å². The largest absolute Gasteiger partial charge is 0.411 e. The predicted molar refractivity (Wildman–Crippen MR) is 69.2 cm³/mol. The van der Waals surface area contributed by atoms with Gasteiger partial charge in [-0.1, -0.05) is 13.8 Å². The van der Waals surface area contributed by atoms with Crippen molar-refractivity contribution in [3.05, 3.63) is 0 Å². The molecule has 1 heterocycles. The van der Waals surface area contributed by atoms with Gasteiger partial charge < -0.3 is 15.0 Å². The molecule has 114 valence electrons. The quantitative estimate of drug-likeness (QED) is 0.725. The molecule has 0 atom stereocenters. The second-order valence-electron chi connectivity index (χ2n) is 5.59. The average molecular weight is 282 g/mol. The van der Waals surface area contributed by atoms with E-state index in [2.05, 4.69) is 28.8 Å². The maximum absolute atomic E-state index is 11.8. The minimum atomic E-state index is -4.22. The van der Waals surface area contributed by atoms with E-state index in [0.29, 0.717) is 18.5 Å². The summed E-state index contributed by atoms with van der Waals surface area (Å²) in [5.41, 5.74) is 0. The highest BCUT2D eigenvalue weighted by molar-refractivity contribution is 4.77. The number of hydrogen-bond donors (Lipinski definition) is 1. The second kappa shape index (κ2) is 8.07. The summed E-state index contributed by atoms with van der Waals surface area (Å²) in [4.78, 5) is 2.45. The van der Waals surface area contributed by atoms with E-state index in [1.807, 2.05) is 0 Å². The van der Waals surface area contributed by atoms with Crippen LogP contribution < -0.4 is 5.32 Å². The molecular weight excluding hydrogens is 257 g/mol. The summed E-state index contributed by atoms with van der Waals surface area (Å²) in [6.07, 6.45) is -2.10. The van der Waals surface area contributed by atoms with E-state index in [9.17, 15) is 13.2 Å². The number of nitrogens with one attached hydrogen (secondary N) is 1. The summed E-state index contributed by atoms with van der Waals surface area (Å²) in [7, 11) is 0. The zero-order valence-electron chi connectivity index (χ0n) is 11.8. The van der Waals surface area contributed by atoms with E-state index in [4.69, 9.17) is 0 Å². The molecule has 0 bridgehead atoms. The van der Waals surface area contributed by atoms with Crippen molar-refractivity contribution in [2.45, 2.75) is 38.9 Å². The minimum absolute atomic E-state index is 0.117. The lowest BCUT2D eigenvalue weighted by molar-refractivity contribution is -0.173. The van der Waals surface area contributed by atoms with Crippen LogP contribution in [-0.2, 0) is 4.74 Å². The Morgan fingerprint density at radius 1 is 1.26 bits per heavy atom. The Bertz CT molecular complexity index is 239. The third-order valence-electron chi connectivity index (χ3n) is 3.16. The van der Waals surface area contributed by atoms with Crippen molar-refractivity contribution in [2.75, 3.05) is 39.4 Å². The molecule has 0 spiro atoms. The van der Waals surface area contributed by atoms with Crippen LogP contribution in [-0.4, -0.2) is 56.5 Å². The van der Waals surface area contributed by atoms with Crippen molar-refractivity contribution >= 4 is 0 Å². The molecule has 0 unspecified atom stereocenters. The molecule has 1 aliphatic rings. The van der Waals surface area contributed by atoms with Crippen LogP contribution in [0.2, 0.25) is 0 Å². The molecule has 0 amide bonds. The zero-order chi connectivity index (χ0) is 14.3. The monoisotopic (exact) mass is 282 g/mol. The highest BCUT2D eigenvalue weighted by Gasteiger charge is 2.27. The Morgan fingerprint density at radius 3 is 2.42 bits per heavy atom. The first-order chi connectivity index (χ1) is 8.87. The van der Waals surface area contributed by atoms with Crippen molar-refractivity contribution in [1.29, 1.82) is 0 Å². The normalized spacial score (nSPS) is 19.3. The van der Waals surface area contributed by atoms with Crippen molar-refractivity contribution in [3.63, 3.8) is 0 Å². The van der Waals surface area contributed by atoms with E-state index >= 15 is 0 Å². The van der Waals surface area contributed by atoms with Gasteiger partial charge in [-0.05, 0) is 31.8 Å².